The van der Waals surface area contributed by atoms with Crippen LogP contribution in [0.5, 0.6) is 11.5 Å². The molecule has 6 heteroatoms. The summed E-state index contributed by atoms with van der Waals surface area (Å²) in [6.45, 7) is 1.43. The highest BCUT2D eigenvalue weighted by Gasteiger charge is 2.31. The minimum Gasteiger partial charge on any atom is -0.506 e. The molecule has 0 spiro atoms. The van der Waals surface area contributed by atoms with Crippen molar-refractivity contribution >= 4 is 35.0 Å². The van der Waals surface area contributed by atoms with Crippen LogP contribution in [0.25, 0.3) is 0 Å². The molecule has 0 aliphatic rings. The van der Waals surface area contributed by atoms with Crippen LogP contribution < -0.4 is 0 Å². The Kier molecular flexibility index (Phi) is 3.66. The minimum atomic E-state index is -1.46. The molecule has 1 rings (SSSR count). The molecule has 15 heavy (non-hydrogen) atoms. The third-order valence-electron chi connectivity index (χ3n) is 2.04. The summed E-state index contributed by atoms with van der Waals surface area (Å²) in [4.78, 5) is -1.46. The number of aliphatic hydroxyl groups is 1. The van der Waals surface area contributed by atoms with Gasteiger partial charge in [0.05, 0.1) is 15.6 Å². The summed E-state index contributed by atoms with van der Waals surface area (Å²) in [6, 6.07) is 1.22. The van der Waals surface area contributed by atoms with Crippen LogP contribution in [0, 0.1) is 0 Å². The molecule has 0 aliphatic carbocycles. The largest absolute Gasteiger partial charge is 0.506 e. The van der Waals surface area contributed by atoms with E-state index in [-0.39, 0.29) is 27.1 Å². The van der Waals surface area contributed by atoms with E-state index < -0.39 is 4.93 Å². The monoisotopic (exact) mass is 268 g/mol. The van der Waals surface area contributed by atoms with E-state index in [0.717, 1.165) is 11.8 Å². The molecule has 3 nitrogen and oxygen atoms in total. The van der Waals surface area contributed by atoms with Crippen LogP contribution in [0.4, 0.5) is 0 Å². The van der Waals surface area contributed by atoms with Crippen molar-refractivity contribution in [3.05, 3.63) is 21.7 Å². The van der Waals surface area contributed by atoms with Crippen LogP contribution in [0.15, 0.2) is 6.07 Å². The number of thioether (sulfide) groups is 1. The molecule has 0 amide bonds. The molecule has 0 heterocycles. The topological polar surface area (TPSA) is 60.7 Å². The molecule has 0 fully saturated rings. The summed E-state index contributed by atoms with van der Waals surface area (Å²) in [5, 5.41) is 29.2. The highest BCUT2D eigenvalue weighted by molar-refractivity contribution is 7.99. The first kappa shape index (κ1) is 12.8. The lowest BCUT2D eigenvalue weighted by Crippen LogP contribution is -2.16. The molecule has 0 aromatic heterocycles. The van der Waals surface area contributed by atoms with Gasteiger partial charge in [-0.2, -0.15) is 0 Å². The first-order valence-corrected chi connectivity index (χ1v) is 5.97. The van der Waals surface area contributed by atoms with Crippen LogP contribution >= 0.6 is 35.0 Å². The molecular weight excluding hydrogens is 259 g/mol. The lowest BCUT2D eigenvalue weighted by atomic mass is 10.1. The first-order chi connectivity index (χ1) is 6.81. The quantitative estimate of drug-likeness (QED) is 0.722. The molecule has 1 aromatic carbocycles. The smallest absolute Gasteiger partial charge is 0.144 e. The Balaban J connectivity index is 3.53. The van der Waals surface area contributed by atoms with Gasteiger partial charge < -0.3 is 15.3 Å². The molecule has 0 bridgehead atoms. The van der Waals surface area contributed by atoms with Gasteiger partial charge in [-0.25, -0.2) is 0 Å². The Morgan fingerprint density at radius 2 is 1.60 bits per heavy atom. The Hall–Kier alpha value is -0.290. The van der Waals surface area contributed by atoms with Crippen LogP contribution in [0.2, 0.25) is 10.0 Å². The van der Waals surface area contributed by atoms with E-state index in [1.54, 1.807) is 6.26 Å². The predicted molar refractivity (Wildman–Crippen MR) is 62.9 cm³/mol. The number of phenols is 2. The minimum absolute atomic E-state index is 0.0119. The van der Waals surface area contributed by atoms with Crippen LogP contribution in [-0.2, 0) is 4.93 Å². The number of aromatic hydroxyl groups is 2. The summed E-state index contributed by atoms with van der Waals surface area (Å²) < 4.78 is 0. The van der Waals surface area contributed by atoms with Gasteiger partial charge in [0.25, 0.3) is 0 Å². The van der Waals surface area contributed by atoms with E-state index in [2.05, 4.69) is 0 Å². The average molecular weight is 269 g/mol. The van der Waals surface area contributed by atoms with E-state index in [9.17, 15) is 15.3 Å². The van der Waals surface area contributed by atoms with E-state index in [1.807, 2.05) is 0 Å². The second-order valence-electron chi connectivity index (χ2n) is 3.10. The molecule has 3 N–H and O–H groups in total. The van der Waals surface area contributed by atoms with Crippen LogP contribution in [0.3, 0.4) is 0 Å². The van der Waals surface area contributed by atoms with Crippen LogP contribution in [-0.4, -0.2) is 21.6 Å². The number of hydrogen-bond acceptors (Lipinski definition) is 4. The number of halogens is 2. The second kappa shape index (κ2) is 4.29. The molecular formula is C9H10Cl2O3S. The third kappa shape index (κ3) is 2.28. The van der Waals surface area contributed by atoms with Crippen LogP contribution in [0.1, 0.15) is 12.5 Å². The lowest BCUT2D eigenvalue weighted by Gasteiger charge is -2.24. The summed E-state index contributed by atoms with van der Waals surface area (Å²) in [5.74, 6) is -0.726. The normalized spacial score (nSPS) is 15.0. The molecule has 1 atom stereocenters. The van der Waals surface area contributed by atoms with Gasteiger partial charge in [0.15, 0.2) is 0 Å². The molecule has 0 saturated heterocycles. The number of rotatable bonds is 2. The molecule has 0 saturated carbocycles. The van der Waals surface area contributed by atoms with Crippen molar-refractivity contribution in [1.29, 1.82) is 0 Å². The van der Waals surface area contributed by atoms with Gasteiger partial charge in [-0.1, -0.05) is 23.2 Å². The summed E-state index contributed by atoms with van der Waals surface area (Å²) in [7, 11) is 0. The highest BCUT2D eigenvalue weighted by atomic mass is 35.5. The fourth-order valence-corrected chi connectivity index (χ4v) is 2.00. The predicted octanol–water partition coefficient (Wildman–Crippen LogP) is 2.93. The Labute approximate surface area is 102 Å². The molecule has 0 aliphatic heterocycles. The van der Waals surface area contributed by atoms with Crippen molar-refractivity contribution in [3.63, 3.8) is 0 Å². The Bertz CT molecular complexity index is 367. The van der Waals surface area contributed by atoms with Gasteiger partial charge in [-0.15, -0.1) is 11.8 Å². The van der Waals surface area contributed by atoms with Crippen molar-refractivity contribution in [2.75, 3.05) is 6.26 Å². The zero-order valence-electron chi connectivity index (χ0n) is 8.08. The maximum Gasteiger partial charge on any atom is 0.144 e. The van der Waals surface area contributed by atoms with E-state index in [0.29, 0.717) is 0 Å². The second-order valence-corrected chi connectivity index (χ2v) is 5.12. The molecule has 0 radical (unpaired) electrons. The van der Waals surface area contributed by atoms with Gasteiger partial charge in [0.1, 0.15) is 16.4 Å². The first-order valence-electron chi connectivity index (χ1n) is 3.99. The van der Waals surface area contributed by atoms with E-state index in [4.69, 9.17) is 23.2 Å². The Morgan fingerprint density at radius 3 is 1.93 bits per heavy atom. The Morgan fingerprint density at radius 1 is 1.20 bits per heavy atom. The maximum atomic E-state index is 9.93. The standard InChI is InChI=1S/C9H10Cl2O3S/c1-9(14,15-2)6-7(12)4(10)3-5(11)8(6)13/h3,12-14H,1-2H3. The van der Waals surface area contributed by atoms with Gasteiger partial charge in [0.2, 0.25) is 0 Å². The average Bonchev–Trinajstić information content (AvgIpc) is 2.15. The number of benzene rings is 1. The van der Waals surface area contributed by atoms with Gasteiger partial charge in [-0.3, -0.25) is 0 Å². The van der Waals surface area contributed by atoms with Crippen molar-refractivity contribution in [3.8, 4) is 11.5 Å². The molecule has 1 unspecified atom stereocenters. The zero-order chi connectivity index (χ0) is 11.8. The van der Waals surface area contributed by atoms with Gasteiger partial charge >= 0.3 is 0 Å². The summed E-state index contributed by atoms with van der Waals surface area (Å²) in [6.07, 6.45) is 1.63. The SMILES string of the molecule is CSC(C)(O)c1c(O)c(Cl)cc(Cl)c1O. The maximum absolute atomic E-state index is 9.93. The van der Waals surface area contributed by atoms with Crippen molar-refractivity contribution in [1.82, 2.24) is 0 Å². The number of hydrogen-bond donors (Lipinski definition) is 3. The van der Waals surface area contributed by atoms with Crippen molar-refractivity contribution in [2.45, 2.75) is 11.9 Å². The number of phenolic OH excluding ortho intramolecular Hbond substituents is 2. The van der Waals surface area contributed by atoms with Crippen molar-refractivity contribution in [2.24, 2.45) is 0 Å². The lowest BCUT2D eigenvalue weighted by molar-refractivity contribution is 0.152. The van der Waals surface area contributed by atoms with Gasteiger partial charge in [0, 0.05) is 0 Å². The fourth-order valence-electron chi connectivity index (χ4n) is 1.14. The van der Waals surface area contributed by atoms with E-state index in [1.165, 1.54) is 13.0 Å². The fraction of sp³-hybridized carbons (Fsp3) is 0.333. The van der Waals surface area contributed by atoms with Gasteiger partial charge in [-0.05, 0) is 19.2 Å². The third-order valence-corrected chi connectivity index (χ3v) is 3.62. The zero-order valence-corrected chi connectivity index (χ0v) is 10.4. The van der Waals surface area contributed by atoms with Crippen molar-refractivity contribution < 1.29 is 15.3 Å². The molecule has 84 valence electrons. The highest BCUT2D eigenvalue weighted by Crippen LogP contribution is 2.48. The molecule has 1 aromatic rings. The summed E-state index contributed by atoms with van der Waals surface area (Å²) >= 11 is 12.4. The summed E-state index contributed by atoms with van der Waals surface area (Å²) in [5.41, 5.74) is -0.0764. The van der Waals surface area contributed by atoms with E-state index >= 15 is 0 Å².